The minimum absolute atomic E-state index is 0.100. The van der Waals surface area contributed by atoms with Gasteiger partial charge in [0.1, 0.15) is 0 Å². The predicted molar refractivity (Wildman–Crippen MR) is 122 cm³/mol. The number of primary amides is 1. The summed E-state index contributed by atoms with van der Waals surface area (Å²) >= 11 is 0. The molecule has 2 aliphatic rings. The number of amides is 2. The third-order valence-corrected chi connectivity index (χ3v) is 7.42. The van der Waals surface area contributed by atoms with Crippen molar-refractivity contribution in [2.75, 3.05) is 44.2 Å². The first kappa shape index (κ1) is 22.6. The highest BCUT2D eigenvalue weighted by molar-refractivity contribution is 5.99. The second-order valence-electron chi connectivity index (χ2n) is 9.00. The number of nitrogens with two attached hydrogens (primary N) is 1. The molecule has 1 aromatic rings. The summed E-state index contributed by atoms with van der Waals surface area (Å²) in [7, 11) is 0. The number of hydrogen-bond acceptors (Lipinski definition) is 4. The van der Waals surface area contributed by atoms with Crippen LogP contribution in [0.2, 0.25) is 0 Å². The van der Waals surface area contributed by atoms with Crippen molar-refractivity contribution in [1.29, 1.82) is 0 Å². The monoisotopic (exact) mass is 414 g/mol. The molecule has 2 saturated heterocycles. The molecule has 0 saturated carbocycles. The molecule has 2 heterocycles. The maximum atomic E-state index is 12.2. The molecule has 6 nitrogen and oxygen atoms in total. The van der Waals surface area contributed by atoms with Gasteiger partial charge < -0.3 is 15.5 Å². The maximum Gasteiger partial charge on any atom is 0.250 e. The van der Waals surface area contributed by atoms with E-state index in [1.54, 1.807) is 6.92 Å². The van der Waals surface area contributed by atoms with Gasteiger partial charge in [0.05, 0.1) is 5.56 Å². The number of piperazine rings is 1. The quantitative estimate of drug-likeness (QED) is 0.776. The van der Waals surface area contributed by atoms with Gasteiger partial charge in [0, 0.05) is 57.4 Å². The van der Waals surface area contributed by atoms with Gasteiger partial charge in [-0.25, -0.2) is 0 Å². The molecule has 3 rings (SSSR count). The zero-order valence-electron chi connectivity index (χ0n) is 19.1. The second kappa shape index (κ2) is 9.38. The minimum Gasteiger partial charge on any atom is -0.371 e. The summed E-state index contributed by atoms with van der Waals surface area (Å²) in [6, 6.07) is 6.25. The fraction of sp³-hybridized carbons (Fsp3) is 0.667. The Morgan fingerprint density at radius 1 is 1.03 bits per heavy atom. The molecule has 0 spiro atoms. The first-order valence-corrected chi connectivity index (χ1v) is 11.5. The Bertz CT molecular complexity index is 758. The van der Waals surface area contributed by atoms with E-state index in [-0.39, 0.29) is 17.4 Å². The van der Waals surface area contributed by atoms with Crippen molar-refractivity contribution in [3.63, 3.8) is 0 Å². The Hall–Kier alpha value is -2.08. The molecule has 2 amide bonds. The van der Waals surface area contributed by atoms with Gasteiger partial charge in [-0.1, -0.05) is 26.8 Å². The Labute approximate surface area is 181 Å². The van der Waals surface area contributed by atoms with Crippen LogP contribution in [0.15, 0.2) is 18.2 Å². The zero-order valence-corrected chi connectivity index (χ0v) is 19.1. The normalized spacial score (nSPS) is 19.2. The van der Waals surface area contributed by atoms with Gasteiger partial charge in [-0.15, -0.1) is 0 Å². The van der Waals surface area contributed by atoms with Gasteiger partial charge >= 0.3 is 0 Å². The summed E-state index contributed by atoms with van der Waals surface area (Å²) in [5, 5.41) is 0. The third-order valence-electron chi connectivity index (χ3n) is 7.42. The predicted octanol–water partition coefficient (Wildman–Crippen LogP) is 3.20. The molecular formula is C24H38N4O2. The Morgan fingerprint density at radius 3 is 2.13 bits per heavy atom. The van der Waals surface area contributed by atoms with Crippen molar-refractivity contribution in [3.8, 4) is 0 Å². The molecule has 1 aromatic carbocycles. The van der Waals surface area contributed by atoms with Crippen LogP contribution in [0.1, 0.15) is 69.3 Å². The van der Waals surface area contributed by atoms with Gasteiger partial charge in [0.2, 0.25) is 5.91 Å². The van der Waals surface area contributed by atoms with Crippen molar-refractivity contribution in [2.45, 2.75) is 58.9 Å². The summed E-state index contributed by atoms with van der Waals surface area (Å²) < 4.78 is 0. The molecule has 2 fully saturated rings. The average Bonchev–Trinajstić information content (AvgIpc) is 2.75. The van der Waals surface area contributed by atoms with Crippen molar-refractivity contribution in [2.24, 2.45) is 11.7 Å². The van der Waals surface area contributed by atoms with E-state index in [0.717, 1.165) is 76.6 Å². The first-order chi connectivity index (χ1) is 14.3. The van der Waals surface area contributed by atoms with E-state index >= 15 is 0 Å². The zero-order chi connectivity index (χ0) is 21.9. The molecule has 2 aliphatic heterocycles. The Balaban J connectivity index is 1.95. The number of carbonyl (C=O) groups excluding carboxylic acids is 2. The van der Waals surface area contributed by atoms with Crippen LogP contribution in [-0.2, 0) is 10.3 Å². The molecule has 0 aromatic heterocycles. The standard InChI is InChI=1S/C24H38N4O2/c1-5-24(6-2,28-15-13-26(14-16-28)19(4)29)20-7-8-21(23(25)30)22(17-20)27-11-9-18(3)10-12-27/h7-8,17-18H,5-6,9-16H2,1-4H3,(H2,25,30). The van der Waals surface area contributed by atoms with E-state index in [1.807, 2.05) is 11.0 Å². The van der Waals surface area contributed by atoms with E-state index in [1.165, 1.54) is 5.56 Å². The number of anilines is 1. The SMILES string of the molecule is CCC(CC)(c1ccc(C(N)=O)c(N2CCC(C)CC2)c1)N1CCN(C(C)=O)CC1. The Kier molecular flexibility index (Phi) is 7.06. The lowest BCUT2D eigenvalue weighted by Gasteiger charge is -2.48. The lowest BCUT2D eigenvalue weighted by molar-refractivity contribution is -0.131. The van der Waals surface area contributed by atoms with Gasteiger partial charge in [0.25, 0.3) is 5.91 Å². The summed E-state index contributed by atoms with van der Waals surface area (Å²) in [6.07, 6.45) is 4.25. The lowest BCUT2D eigenvalue weighted by Crippen LogP contribution is -2.56. The Morgan fingerprint density at radius 2 is 1.63 bits per heavy atom. The molecule has 6 heteroatoms. The summed E-state index contributed by atoms with van der Waals surface area (Å²) in [6.45, 7) is 13.6. The lowest BCUT2D eigenvalue weighted by atomic mass is 9.81. The van der Waals surface area contributed by atoms with Crippen molar-refractivity contribution in [1.82, 2.24) is 9.80 Å². The number of hydrogen-bond donors (Lipinski definition) is 1. The van der Waals surface area contributed by atoms with Gasteiger partial charge in [-0.2, -0.15) is 0 Å². The van der Waals surface area contributed by atoms with Crippen LogP contribution >= 0.6 is 0 Å². The highest BCUT2D eigenvalue weighted by Crippen LogP contribution is 2.39. The maximum absolute atomic E-state index is 12.2. The fourth-order valence-electron chi connectivity index (χ4n) is 5.28. The number of rotatable bonds is 6. The topological polar surface area (TPSA) is 69.9 Å². The first-order valence-electron chi connectivity index (χ1n) is 11.5. The fourth-order valence-corrected chi connectivity index (χ4v) is 5.28. The molecule has 0 radical (unpaired) electrons. The molecule has 0 aliphatic carbocycles. The third kappa shape index (κ3) is 4.34. The van der Waals surface area contributed by atoms with Gasteiger partial charge in [0.15, 0.2) is 0 Å². The molecule has 0 atom stereocenters. The highest BCUT2D eigenvalue weighted by atomic mass is 16.2. The molecule has 30 heavy (non-hydrogen) atoms. The van der Waals surface area contributed by atoms with Crippen molar-refractivity contribution < 1.29 is 9.59 Å². The number of benzene rings is 1. The van der Waals surface area contributed by atoms with E-state index in [2.05, 4.69) is 42.7 Å². The van der Waals surface area contributed by atoms with Crippen LogP contribution in [-0.4, -0.2) is 60.9 Å². The molecule has 2 N–H and O–H groups in total. The smallest absolute Gasteiger partial charge is 0.250 e. The number of piperidine rings is 1. The van der Waals surface area contributed by atoms with E-state index in [0.29, 0.717) is 5.56 Å². The van der Waals surface area contributed by atoms with Gasteiger partial charge in [-0.05, 0) is 49.3 Å². The summed E-state index contributed by atoms with van der Waals surface area (Å²) in [4.78, 5) is 30.8. The van der Waals surface area contributed by atoms with Crippen LogP contribution in [0.5, 0.6) is 0 Å². The number of carbonyl (C=O) groups is 2. The van der Waals surface area contributed by atoms with Gasteiger partial charge in [-0.3, -0.25) is 14.5 Å². The van der Waals surface area contributed by atoms with Crippen LogP contribution < -0.4 is 10.6 Å². The van der Waals surface area contributed by atoms with Crippen LogP contribution in [0, 0.1) is 5.92 Å². The van der Waals surface area contributed by atoms with Crippen LogP contribution in [0.25, 0.3) is 0 Å². The molecule has 0 unspecified atom stereocenters. The molecule has 166 valence electrons. The molecular weight excluding hydrogens is 376 g/mol. The van der Waals surface area contributed by atoms with Crippen LogP contribution in [0.3, 0.4) is 0 Å². The largest absolute Gasteiger partial charge is 0.371 e. The number of nitrogens with zero attached hydrogens (tertiary/aromatic N) is 3. The summed E-state index contributed by atoms with van der Waals surface area (Å²) in [5.41, 5.74) is 8.51. The van der Waals surface area contributed by atoms with Crippen molar-refractivity contribution >= 4 is 17.5 Å². The average molecular weight is 415 g/mol. The second-order valence-corrected chi connectivity index (χ2v) is 9.00. The molecule has 0 bridgehead atoms. The highest BCUT2D eigenvalue weighted by Gasteiger charge is 2.38. The summed E-state index contributed by atoms with van der Waals surface area (Å²) in [5.74, 6) is 0.522. The minimum atomic E-state index is -0.358. The van der Waals surface area contributed by atoms with E-state index in [9.17, 15) is 9.59 Å². The van der Waals surface area contributed by atoms with Crippen LogP contribution in [0.4, 0.5) is 5.69 Å². The van der Waals surface area contributed by atoms with E-state index < -0.39 is 0 Å². The van der Waals surface area contributed by atoms with E-state index in [4.69, 9.17) is 5.73 Å². The van der Waals surface area contributed by atoms with Crippen molar-refractivity contribution in [3.05, 3.63) is 29.3 Å².